The van der Waals surface area contributed by atoms with Crippen molar-refractivity contribution in [3.05, 3.63) is 53.3 Å². The minimum atomic E-state index is -0.713. The number of fused-ring (bicyclic) bond motifs is 1. The van der Waals surface area contributed by atoms with E-state index in [9.17, 15) is 9.59 Å². The second-order valence-electron chi connectivity index (χ2n) is 5.46. The Balaban J connectivity index is 1.62. The predicted octanol–water partition coefficient (Wildman–Crippen LogP) is 1.09. The Bertz CT molecular complexity index is 711. The van der Waals surface area contributed by atoms with Crippen LogP contribution in [0.4, 0.5) is 0 Å². The number of carbonyl (C=O) groups is 2. The summed E-state index contributed by atoms with van der Waals surface area (Å²) in [6, 6.07) is 11.6. The van der Waals surface area contributed by atoms with Gasteiger partial charge >= 0.3 is 0 Å². The molecule has 23 heavy (non-hydrogen) atoms. The van der Waals surface area contributed by atoms with Gasteiger partial charge in [-0.1, -0.05) is 30.3 Å². The van der Waals surface area contributed by atoms with E-state index in [1.54, 1.807) is 4.90 Å². The van der Waals surface area contributed by atoms with Crippen molar-refractivity contribution in [1.29, 1.82) is 0 Å². The fourth-order valence-electron chi connectivity index (χ4n) is 2.74. The molecule has 0 saturated carbocycles. The number of hydrogen-bond donors (Lipinski definition) is 2. The number of amides is 2. The van der Waals surface area contributed by atoms with E-state index >= 15 is 0 Å². The minimum Gasteiger partial charge on any atom is -0.335 e. The summed E-state index contributed by atoms with van der Waals surface area (Å²) in [5, 5.41) is 12.7. The summed E-state index contributed by atoms with van der Waals surface area (Å²) in [6.45, 7) is 1.79. The number of nitrogens with zero attached hydrogens (tertiary/aromatic N) is 3. The molecule has 2 heterocycles. The molecule has 120 valence electrons. The van der Waals surface area contributed by atoms with Crippen molar-refractivity contribution in [3.63, 3.8) is 0 Å². The van der Waals surface area contributed by atoms with Crippen molar-refractivity contribution in [1.82, 2.24) is 20.2 Å². The van der Waals surface area contributed by atoms with E-state index in [1.807, 2.05) is 18.2 Å². The molecule has 1 aromatic carbocycles. The quantitative estimate of drug-likeness (QED) is 0.639. The number of hydrogen-bond acceptors (Lipinski definition) is 4. The molecule has 7 nitrogen and oxygen atoms in total. The van der Waals surface area contributed by atoms with Gasteiger partial charge in [-0.15, -0.1) is 0 Å². The van der Waals surface area contributed by atoms with Gasteiger partial charge in [-0.05, 0) is 18.4 Å². The first kappa shape index (κ1) is 15.2. The van der Waals surface area contributed by atoms with Crippen molar-refractivity contribution in [3.8, 4) is 0 Å². The molecule has 0 saturated heterocycles. The molecule has 0 radical (unpaired) electrons. The van der Waals surface area contributed by atoms with E-state index in [0.717, 1.165) is 12.8 Å². The third-order valence-corrected chi connectivity index (χ3v) is 3.94. The largest absolute Gasteiger partial charge is 0.335 e. The number of benzene rings is 1. The van der Waals surface area contributed by atoms with E-state index in [2.05, 4.69) is 17.2 Å². The minimum absolute atomic E-state index is 0.0435. The maximum Gasteiger partial charge on any atom is 0.295 e. The Hall–Kier alpha value is -2.67. The van der Waals surface area contributed by atoms with Crippen LogP contribution in [-0.2, 0) is 13.0 Å². The molecule has 0 fully saturated rings. The average molecular weight is 314 g/mol. The molecule has 1 aliphatic rings. The van der Waals surface area contributed by atoms with Crippen molar-refractivity contribution in [2.24, 2.45) is 0 Å². The molecule has 2 N–H and O–H groups in total. The molecular weight excluding hydrogens is 296 g/mol. The highest BCUT2D eigenvalue weighted by Crippen LogP contribution is 2.15. The number of rotatable bonds is 5. The smallest absolute Gasteiger partial charge is 0.295 e. The molecule has 3 rings (SSSR count). The monoisotopic (exact) mass is 314 g/mol. The zero-order chi connectivity index (χ0) is 16.2. The third-order valence-electron chi connectivity index (χ3n) is 3.94. The maximum absolute atomic E-state index is 12.5. The zero-order valence-electron chi connectivity index (χ0n) is 12.6. The maximum atomic E-state index is 12.5. The van der Waals surface area contributed by atoms with Gasteiger partial charge in [0.15, 0.2) is 5.69 Å². The first-order valence-corrected chi connectivity index (χ1v) is 7.54. The predicted molar refractivity (Wildman–Crippen MR) is 82.1 cm³/mol. The normalized spacial score (nSPS) is 13.8. The molecule has 7 heteroatoms. The number of nitrogens with one attached hydrogen (secondary N) is 1. The van der Waals surface area contributed by atoms with Gasteiger partial charge in [0.05, 0.1) is 6.54 Å². The summed E-state index contributed by atoms with van der Waals surface area (Å²) in [5.74, 6) is -0.843. The van der Waals surface area contributed by atoms with Gasteiger partial charge in [0.25, 0.3) is 11.8 Å². The van der Waals surface area contributed by atoms with Crippen LogP contribution in [0.5, 0.6) is 0 Å². The van der Waals surface area contributed by atoms with Crippen LogP contribution in [0.25, 0.3) is 0 Å². The highest BCUT2D eigenvalue weighted by Gasteiger charge is 2.27. The Morgan fingerprint density at radius 1 is 1.26 bits per heavy atom. The van der Waals surface area contributed by atoms with Crippen LogP contribution in [-0.4, -0.2) is 44.8 Å². The number of hydroxylamine groups is 1. The molecule has 0 atom stereocenters. The van der Waals surface area contributed by atoms with Crippen LogP contribution in [0.2, 0.25) is 0 Å². The van der Waals surface area contributed by atoms with Crippen molar-refractivity contribution in [2.75, 3.05) is 13.1 Å². The van der Waals surface area contributed by atoms with Crippen LogP contribution >= 0.6 is 0 Å². The fourth-order valence-corrected chi connectivity index (χ4v) is 2.74. The van der Waals surface area contributed by atoms with Crippen LogP contribution in [0.1, 0.15) is 33.0 Å². The SMILES string of the molecule is O=C(NO)c1cc2n(n1)CCN(CCCc1ccccc1)C2=O. The Morgan fingerprint density at radius 3 is 2.78 bits per heavy atom. The lowest BCUT2D eigenvalue weighted by atomic mass is 10.1. The molecule has 1 aliphatic heterocycles. The van der Waals surface area contributed by atoms with Gasteiger partial charge in [-0.25, -0.2) is 5.48 Å². The molecule has 0 bridgehead atoms. The van der Waals surface area contributed by atoms with Crippen LogP contribution in [0, 0.1) is 0 Å². The fraction of sp³-hybridized carbons (Fsp3) is 0.312. The van der Waals surface area contributed by atoms with Gasteiger partial charge in [0, 0.05) is 19.2 Å². The molecule has 1 aromatic heterocycles. The summed E-state index contributed by atoms with van der Waals surface area (Å²) in [4.78, 5) is 25.6. The lowest BCUT2D eigenvalue weighted by Crippen LogP contribution is -2.41. The van der Waals surface area contributed by atoms with Gasteiger partial charge in [-0.2, -0.15) is 5.10 Å². The number of aryl methyl sites for hydroxylation is 1. The van der Waals surface area contributed by atoms with E-state index in [4.69, 9.17) is 5.21 Å². The Kier molecular flexibility index (Phi) is 4.38. The summed E-state index contributed by atoms with van der Waals surface area (Å²) >= 11 is 0. The van der Waals surface area contributed by atoms with Crippen LogP contribution < -0.4 is 5.48 Å². The average Bonchev–Trinajstić information content (AvgIpc) is 3.02. The Labute approximate surface area is 133 Å². The second-order valence-corrected chi connectivity index (χ2v) is 5.46. The van der Waals surface area contributed by atoms with Crippen molar-refractivity contribution in [2.45, 2.75) is 19.4 Å². The first-order valence-electron chi connectivity index (χ1n) is 7.54. The van der Waals surface area contributed by atoms with Gasteiger partial charge in [0.1, 0.15) is 5.69 Å². The summed E-state index contributed by atoms with van der Waals surface area (Å²) in [5.41, 5.74) is 3.21. The van der Waals surface area contributed by atoms with E-state index in [-0.39, 0.29) is 11.6 Å². The van der Waals surface area contributed by atoms with Crippen LogP contribution in [0.3, 0.4) is 0 Å². The van der Waals surface area contributed by atoms with Crippen molar-refractivity contribution >= 4 is 11.8 Å². The van der Waals surface area contributed by atoms with Gasteiger partial charge in [0.2, 0.25) is 0 Å². The summed E-state index contributed by atoms with van der Waals surface area (Å²) in [7, 11) is 0. The standard InChI is InChI=1S/C16H18N4O3/c21-15(18-23)13-11-14-16(22)19(9-10-20(14)17-13)8-4-7-12-5-2-1-3-6-12/h1-3,5-6,11,23H,4,7-10H2,(H,18,21). The third kappa shape index (κ3) is 3.24. The highest BCUT2D eigenvalue weighted by atomic mass is 16.5. The number of aromatic nitrogens is 2. The van der Waals surface area contributed by atoms with Crippen LogP contribution in [0.15, 0.2) is 36.4 Å². The van der Waals surface area contributed by atoms with Gasteiger partial charge < -0.3 is 4.90 Å². The zero-order valence-corrected chi connectivity index (χ0v) is 12.6. The highest BCUT2D eigenvalue weighted by molar-refractivity contribution is 5.97. The molecule has 0 spiro atoms. The lowest BCUT2D eigenvalue weighted by Gasteiger charge is -2.27. The van der Waals surface area contributed by atoms with Crippen molar-refractivity contribution < 1.29 is 14.8 Å². The topological polar surface area (TPSA) is 87.5 Å². The van der Waals surface area contributed by atoms with Gasteiger partial charge in [-0.3, -0.25) is 19.5 Å². The second kappa shape index (κ2) is 6.62. The Morgan fingerprint density at radius 2 is 2.04 bits per heavy atom. The van der Waals surface area contributed by atoms with E-state index < -0.39 is 5.91 Å². The summed E-state index contributed by atoms with van der Waals surface area (Å²) < 4.78 is 1.51. The number of carbonyl (C=O) groups excluding carboxylic acids is 2. The molecule has 2 aromatic rings. The van der Waals surface area contributed by atoms with E-state index in [0.29, 0.717) is 25.3 Å². The first-order chi connectivity index (χ1) is 11.2. The molecular formula is C16H18N4O3. The molecule has 0 aliphatic carbocycles. The summed E-state index contributed by atoms with van der Waals surface area (Å²) in [6.07, 6.45) is 1.80. The lowest BCUT2D eigenvalue weighted by molar-refractivity contribution is 0.0685. The molecule has 2 amide bonds. The van der Waals surface area contributed by atoms with E-state index in [1.165, 1.54) is 21.8 Å². The molecule has 0 unspecified atom stereocenters.